The molecule has 0 bridgehead atoms. The summed E-state index contributed by atoms with van der Waals surface area (Å²) in [5, 5.41) is 8.85. The second kappa shape index (κ2) is 5.94. The molecule has 0 saturated carbocycles. The molecule has 84 valence electrons. The zero-order valence-corrected chi connectivity index (χ0v) is 9.90. The second-order valence-electron chi connectivity index (χ2n) is 3.70. The number of hydrogen-bond acceptors (Lipinski definition) is 3. The molecule has 0 N–H and O–H groups in total. The molecule has 3 nitrogen and oxygen atoms in total. The lowest BCUT2D eigenvalue weighted by Gasteiger charge is -2.11. The van der Waals surface area contributed by atoms with Crippen molar-refractivity contribution in [2.45, 2.75) is 0 Å². The highest BCUT2D eigenvalue weighted by Gasteiger charge is 1.97. The molecule has 1 aromatic rings. The van der Waals surface area contributed by atoms with Gasteiger partial charge in [0, 0.05) is 26.9 Å². The summed E-state index contributed by atoms with van der Waals surface area (Å²) < 4.78 is 4.93. The van der Waals surface area contributed by atoms with Crippen LogP contribution in [0.15, 0.2) is 29.8 Å². The zero-order chi connectivity index (χ0) is 12.0. The van der Waals surface area contributed by atoms with Gasteiger partial charge in [-0.3, -0.25) is 0 Å². The Morgan fingerprint density at radius 2 is 2.00 bits per heavy atom. The van der Waals surface area contributed by atoms with Crippen molar-refractivity contribution in [3.8, 4) is 6.07 Å². The SMILES string of the molecule is COCC(C#N)=Cc1ccc(N(C)C)cc1. The normalized spacial score (nSPS) is 11.0. The Morgan fingerprint density at radius 3 is 2.44 bits per heavy atom. The molecule has 0 heterocycles. The van der Waals surface area contributed by atoms with Gasteiger partial charge in [-0.2, -0.15) is 5.26 Å². The van der Waals surface area contributed by atoms with Gasteiger partial charge in [-0.25, -0.2) is 0 Å². The van der Waals surface area contributed by atoms with E-state index in [2.05, 4.69) is 6.07 Å². The van der Waals surface area contributed by atoms with Crippen LogP contribution in [0.2, 0.25) is 0 Å². The zero-order valence-electron chi connectivity index (χ0n) is 9.90. The summed E-state index contributed by atoms with van der Waals surface area (Å²) >= 11 is 0. The quantitative estimate of drug-likeness (QED) is 0.725. The van der Waals surface area contributed by atoms with Crippen molar-refractivity contribution >= 4 is 11.8 Å². The Hall–Kier alpha value is -1.79. The molecule has 0 spiro atoms. The smallest absolute Gasteiger partial charge is 0.0971 e. The molecular weight excluding hydrogens is 200 g/mol. The van der Waals surface area contributed by atoms with Crippen LogP contribution in [-0.4, -0.2) is 27.8 Å². The second-order valence-corrected chi connectivity index (χ2v) is 3.70. The Kier molecular flexibility index (Phi) is 4.56. The summed E-state index contributed by atoms with van der Waals surface area (Å²) in [4.78, 5) is 2.04. The molecule has 0 amide bonds. The summed E-state index contributed by atoms with van der Waals surface area (Å²) in [6, 6.07) is 10.1. The first-order valence-corrected chi connectivity index (χ1v) is 5.04. The van der Waals surface area contributed by atoms with Gasteiger partial charge < -0.3 is 9.64 Å². The Balaban J connectivity index is 2.86. The molecule has 0 radical (unpaired) electrons. The number of anilines is 1. The van der Waals surface area contributed by atoms with Crippen molar-refractivity contribution in [2.24, 2.45) is 0 Å². The molecule has 0 unspecified atom stereocenters. The third-order valence-corrected chi connectivity index (χ3v) is 2.19. The molecule has 0 fully saturated rings. The fourth-order valence-corrected chi connectivity index (χ4v) is 1.33. The van der Waals surface area contributed by atoms with Crippen molar-refractivity contribution in [1.82, 2.24) is 0 Å². The van der Waals surface area contributed by atoms with Crippen molar-refractivity contribution in [1.29, 1.82) is 5.26 Å². The molecule has 0 aliphatic heterocycles. The van der Waals surface area contributed by atoms with Crippen LogP contribution in [0.1, 0.15) is 5.56 Å². The molecule has 0 aromatic heterocycles. The third-order valence-electron chi connectivity index (χ3n) is 2.19. The van der Waals surface area contributed by atoms with Gasteiger partial charge in [-0.15, -0.1) is 0 Å². The lowest BCUT2D eigenvalue weighted by Crippen LogP contribution is -2.07. The summed E-state index contributed by atoms with van der Waals surface area (Å²) in [6.07, 6.45) is 1.84. The first kappa shape index (κ1) is 12.3. The number of rotatable bonds is 4. The number of nitriles is 1. The van der Waals surface area contributed by atoms with E-state index in [1.54, 1.807) is 7.11 Å². The highest BCUT2D eigenvalue weighted by atomic mass is 16.5. The van der Waals surface area contributed by atoms with Crippen LogP contribution >= 0.6 is 0 Å². The van der Waals surface area contributed by atoms with E-state index in [-0.39, 0.29) is 0 Å². The van der Waals surface area contributed by atoms with Gasteiger partial charge in [0.15, 0.2) is 0 Å². The highest BCUT2D eigenvalue weighted by Crippen LogP contribution is 2.14. The molecule has 1 rings (SSSR count). The molecular formula is C13H16N2O. The number of benzene rings is 1. The van der Waals surface area contributed by atoms with Gasteiger partial charge in [0.05, 0.1) is 18.2 Å². The Labute approximate surface area is 96.6 Å². The minimum absolute atomic E-state index is 0.353. The van der Waals surface area contributed by atoms with Crippen LogP contribution < -0.4 is 4.90 Å². The summed E-state index contributed by atoms with van der Waals surface area (Å²) in [7, 11) is 5.58. The molecule has 1 aromatic carbocycles. The van der Waals surface area contributed by atoms with E-state index in [4.69, 9.17) is 10.00 Å². The maximum Gasteiger partial charge on any atom is 0.0971 e. The van der Waals surface area contributed by atoms with Crippen LogP contribution in [-0.2, 0) is 4.74 Å². The van der Waals surface area contributed by atoms with Crippen LogP contribution in [0.4, 0.5) is 5.69 Å². The summed E-state index contributed by atoms with van der Waals surface area (Å²) in [5.41, 5.74) is 2.78. The van der Waals surface area contributed by atoms with Crippen LogP contribution in [0.3, 0.4) is 0 Å². The summed E-state index contributed by atoms with van der Waals surface area (Å²) in [6.45, 7) is 0.353. The van der Waals surface area contributed by atoms with Crippen molar-refractivity contribution in [3.63, 3.8) is 0 Å². The van der Waals surface area contributed by atoms with E-state index in [0.717, 1.165) is 11.3 Å². The van der Waals surface area contributed by atoms with Crippen molar-refractivity contribution in [3.05, 3.63) is 35.4 Å². The monoisotopic (exact) mass is 216 g/mol. The predicted octanol–water partition coefficient (Wildman–Crippen LogP) is 2.31. The van der Waals surface area contributed by atoms with E-state index in [9.17, 15) is 0 Å². The van der Waals surface area contributed by atoms with E-state index < -0.39 is 0 Å². The average Bonchev–Trinajstić information content (AvgIpc) is 2.29. The van der Waals surface area contributed by atoms with Crippen molar-refractivity contribution < 1.29 is 4.74 Å². The number of nitrogens with zero attached hydrogens (tertiary/aromatic N) is 2. The topological polar surface area (TPSA) is 36.3 Å². The number of methoxy groups -OCH3 is 1. The van der Waals surface area contributed by atoms with Gasteiger partial charge in [0.1, 0.15) is 0 Å². The average molecular weight is 216 g/mol. The van der Waals surface area contributed by atoms with Crippen molar-refractivity contribution in [2.75, 3.05) is 32.7 Å². The molecule has 0 saturated heterocycles. The largest absolute Gasteiger partial charge is 0.379 e. The number of hydrogen-bond donors (Lipinski definition) is 0. The van der Waals surface area contributed by atoms with Gasteiger partial charge in [-0.05, 0) is 23.8 Å². The van der Waals surface area contributed by atoms with Crippen LogP contribution in [0.25, 0.3) is 6.08 Å². The van der Waals surface area contributed by atoms with E-state index >= 15 is 0 Å². The van der Waals surface area contributed by atoms with Gasteiger partial charge in [0.2, 0.25) is 0 Å². The lowest BCUT2D eigenvalue weighted by molar-refractivity contribution is 0.229. The maximum atomic E-state index is 8.85. The summed E-state index contributed by atoms with van der Waals surface area (Å²) in [5.74, 6) is 0. The first-order valence-electron chi connectivity index (χ1n) is 5.04. The van der Waals surface area contributed by atoms with Gasteiger partial charge >= 0.3 is 0 Å². The fourth-order valence-electron chi connectivity index (χ4n) is 1.33. The van der Waals surface area contributed by atoms with E-state index in [0.29, 0.717) is 12.2 Å². The Bertz CT molecular complexity index is 399. The Morgan fingerprint density at radius 1 is 1.38 bits per heavy atom. The first-order chi connectivity index (χ1) is 7.67. The molecule has 3 heteroatoms. The number of ether oxygens (including phenoxy) is 1. The standard InChI is InChI=1S/C13H16N2O/c1-15(2)13-6-4-11(5-7-13)8-12(9-14)10-16-3/h4-8H,10H2,1-3H3. The van der Waals surface area contributed by atoms with Gasteiger partial charge in [0.25, 0.3) is 0 Å². The van der Waals surface area contributed by atoms with Crippen LogP contribution in [0, 0.1) is 11.3 Å². The fraction of sp³-hybridized carbons (Fsp3) is 0.308. The molecule has 16 heavy (non-hydrogen) atoms. The molecule has 0 aliphatic rings. The predicted molar refractivity (Wildman–Crippen MR) is 66.2 cm³/mol. The maximum absolute atomic E-state index is 8.85. The van der Waals surface area contributed by atoms with Gasteiger partial charge in [-0.1, -0.05) is 12.1 Å². The van der Waals surface area contributed by atoms with E-state index in [1.165, 1.54) is 0 Å². The van der Waals surface area contributed by atoms with Crippen LogP contribution in [0.5, 0.6) is 0 Å². The minimum Gasteiger partial charge on any atom is -0.379 e. The minimum atomic E-state index is 0.353. The third kappa shape index (κ3) is 3.41. The van der Waals surface area contributed by atoms with E-state index in [1.807, 2.05) is 49.3 Å². The molecule has 0 aliphatic carbocycles. The highest BCUT2D eigenvalue weighted by molar-refractivity contribution is 5.60. The lowest BCUT2D eigenvalue weighted by atomic mass is 10.1. The molecule has 0 atom stereocenters.